The maximum absolute atomic E-state index is 12.6. The number of halogens is 1. The van der Waals surface area contributed by atoms with E-state index in [4.69, 9.17) is 0 Å². The normalized spacial score (nSPS) is 17.0. The highest BCUT2D eigenvalue weighted by Gasteiger charge is 2.27. The van der Waals surface area contributed by atoms with Gasteiger partial charge in [-0.1, -0.05) is 54.6 Å². The van der Waals surface area contributed by atoms with E-state index in [1.54, 1.807) is 0 Å². The van der Waals surface area contributed by atoms with Gasteiger partial charge >= 0.3 is 0 Å². The first-order chi connectivity index (χ1) is 10.2. The Hall–Kier alpha value is -1.64. The summed E-state index contributed by atoms with van der Waals surface area (Å²) >= 11 is 0. The Morgan fingerprint density at radius 1 is 1.05 bits per heavy atom. The Morgan fingerprint density at radius 3 is 2.50 bits per heavy atom. The molecule has 0 saturated carbocycles. The molecule has 3 rings (SSSR count). The Balaban J connectivity index is 0.00000176. The van der Waals surface area contributed by atoms with Crippen LogP contribution in [0.25, 0.3) is 0 Å². The van der Waals surface area contributed by atoms with Crippen LogP contribution in [0.3, 0.4) is 0 Å². The fraction of sp³-hybridized carbons (Fsp3) is 0.316. The third kappa shape index (κ3) is 3.76. The number of benzene rings is 2. The highest BCUT2D eigenvalue weighted by molar-refractivity contribution is 6.00. The molecule has 2 nitrogen and oxygen atoms in total. The standard InChI is InChI=1S/C19H21NO.ClH/c1-20(13-15-7-3-2-4-8-15)14-17-12-11-16-9-5-6-10-18(16)19(17)21;/h2-10,17H,11-14H2,1H3;1H. The van der Waals surface area contributed by atoms with Crippen LogP contribution in [0.2, 0.25) is 0 Å². The number of aryl methyl sites for hydroxylation is 1. The molecule has 2 aromatic rings. The molecule has 2 aromatic carbocycles. The summed E-state index contributed by atoms with van der Waals surface area (Å²) in [5, 5.41) is 0. The summed E-state index contributed by atoms with van der Waals surface area (Å²) in [6.45, 7) is 1.73. The third-order valence-corrected chi connectivity index (χ3v) is 4.24. The minimum absolute atomic E-state index is 0. The fourth-order valence-corrected chi connectivity index (χ4v) is 3.17. The number of nitrogens with zero attached hydrogens (tertiary/aromatic N) is 1. The maximum Gasteiger partial charge on any atom is 0.167 e. The van der Waals surface area contributed by atoms with Crippen molar-refractivity contribution in [3.8, 4) is 0 Å². The molecule has 1 aliphatic rings. The van der Waals surface area contributed by atoms with E-state index in [1.807, 2.05) is 24.3 Å². The van der Waals surface area contributed by atoms with Crippen LogP contribution >= 0.6 is 12.4 Å². The highest BCUT2D eigenvalue weighted by Crippen LogP contribution is 2.26. The van der Waals surface area contributed by atoms with Crippen molar-refractivity contribution in [1.29, 1.82) is 0 Å². The average Bonchev–Trinajstić information content (AvgIpc) is 2.51. The average molecular weight is 316 g/mol. The van der Waals surface area contributed by atoms with Gasteiger partial charge in [-0.05, 0) is 31.0 Å². The van der Waals surface area contributed by atoms with Crippen molar-refractivity contribution in [3.05, 3.63) is 71.3 Å². The van der Waals surface area contributed by atoms with E-state index in [9.17, 15) is 4.79 Å². The van der Waals surface area contributed by atoms with Crippen LogP contribution in [0.4, 0.5) is 0 Å². The van der Waals surface area contributed by atoms with Gasteiger partial charge in [0.15, 0.2) is 5.78 Å². The van der Waals surface area contributed by atoms with Crippen molar-refractivity contribution in [1.82, 2.24) is 4.90 Å². The summed E-state index contributed by atoms with van der Waals surface area (Å²) in [4.78, 5) is 14.8. The van der Waals surface area contributed by atoms with E-state index in [0.29, 0.717) is 5.78 Å². The predicted molar refractivity (Wildman–Crippen MR) is 92.6 cm³/mol. The summed E-state index contributed by atoms with van der Waals surface area (Å²) in [5.41, 5.74) is 3.44. The zero-order chi connectivity index (χ0) is 14.7. The van der Waals surface area contributed by atoms with Crippen LogP contribution in [0.1, 0.15) is 27.9 Å². The second-order valence-electron chi connectivity index (χ2n) is 5.94. The highest BCUT2D eigenvalue weighted by atomic mass is 35.5. The fourth-order valence-electron chi connectivity index (χ4n) is 3.17. The second-order valence-corrected chi connectivity index (χ2v) is 5.94. The first-order valence-corrected chi connectivity index (χ1v) is 7.58. The van der Waals surface area contributed by atoms with Crippen molar-refractivity contribution in [3.63, 3.8) is 0 Å². The monoisotopic (exact) mass is 315 g/mol. The molecule has 1 unspecified atom stereocenters. The Kier molecular flexibility index (Phi) is 5.76. The number of hydrogen-bond donors (Lipinski definition) is 0. The van der Waals surface area contributed by atoms with Crippen LogP contribution in [0.15, 0.2) is 54.6 Å². The third-order valence-electron chi connectivity index (χ3n) is 4.24. The van der Waals surface area contributed by atoms with Gasteiger partial charge in [0.05, 0.1) is 0 Å². The molecule has 1 atom stereocenters. The van der Waals surface area contributed by atoms with Crippen molar-refractivity contribution in [2.75, 3.05) is 13.6 Å². The van der Waals surface area contributed by atoms with E-state index < -0.39 is 0 Å². The molecule has 0 N–H and O–H groups in total. The Morgan fingerprint density at radius 2 is 1.73 bits per heavy atom. The van der Waals surface area contributed by atoms with E-state index in [0.717, 1.165) is 31.5 Å². The molecule has 1 aliphatic carbocycles. The number of hydrogen-bond acceptors (Lipinski definition) is 2. The van der Waals surface area contributed by atoms with Crippen molar-refractivity contribution in [2.45, 2.75) is 19.4 Å². The van der Waals surface area contributed by atoms with Gasteiger partial charge in [0.2, 0.25) is 0 Å². The van der Waals surface area contributed by atoms with Gasteiger partial charge in [-0.3, -0.25) is 4.79 Å². The molecule has 0 fully saturated rings. The molecule has 0 heterocycles. The van der Waals surface area contributed by atoms with Crippen molar-refractivity contribution < 1.29 is 4.79 Å². The summed E-state index contributed by atoms with van der Waals surface area (Å²) in [6.07, 6.45) is 1.99. The largest absolute Gasteiger partial charge is 0.301 e. The quantitative estimate of drug-likeness (QED) is 0.850. The summed E-state index contributed by atoms with van der Waals surface area (Å²) in [6, 6.07) is 18.5. The van der Waals surface area contributed by atoms with Gasteiger partial charge in [0.1, 0.15) is 0 Å². The summed E-state index contributed by atoms with van der Waals surface area (Å²) < 4.78 is 0. The molecule has 0 radical (unpaired) electrons. The molecule has 22 heavy (non-hydrogen) atoms. The number of Topliss-reactive ketones (excluding diaryl/α,β-unsaturated/α-hetero) is 1. The second kappa shape index (κ2) is 7.57. The molecule has 0 bridgehead atoms. The number of ketones is 1. The minimum Gasteiger partial charge on any atom is -0.301 e. The van der Waals surface area contributed by atoms with Crippen LogP contribution in [0.5, 0.6) is 0 Å². The van der Waals surface area contributed by atoms with E-state index in [-0.39, 0.29) is 18.3 Å². The molecule has 0 aromatic heterocycles. The molecular weight excluding hydrogens is 294 g/mol. The van der Waals surface area contributed by atoms with Crippen molar-refractivity contribution in [2.24, 2.45) is 5.92 Å². The molecule has 0 saturated heterocycles. The molecule has 0 amide bonds. The van der Waals surface area contributed by atoms with Gasteiger partial charge in [0.25, 0.3) is 0 Å². The van der Waals surface area contributed by atoms with Gasteiger partial charge in [-0.2, -0.15) is 0 Å². The van der Waals surface area contributed by atoms with Gasteiger partial charge in [-0.25, -0.2) is 0 Å². The van der Waals surface area contributed by atoms with Crippen LogP contribution in [0, 0.1) is 5.92 Å². The van der Waals surface area contributed by atoms with Crippen molar-refractivity contribution >= 4 is 18.2 Å². The summed E-state index contributed by atoms with van der Waals surface area (Å²) in [7, 11) is 2.10. The number of fused-ring (bicyclic) bond motifs is 1. The lowest BCUT2D eigenvalue weighted by Gasteiger charge is -2.27. The molecular formula is C19H22ClNO. The van der Waals surface area contributed by atoms with E-state index in [2.05, 4.69) is 42.3 Å². The number of rotatable bonds is 4. The van der Waals surface area contributed by atoms with Gasteiger partial charge in [-0.15, -0.1) is 12.4 Å². The number of carbonyl (C=O) groups is 1. The lowest BCUT2D eigenvalue weighted by atomic mass is 9.82. The van der Waals surface area contributed by atoms with E-state index in [1.165, 1.54) is 11.1 Å². The predicted octanol–water partition coefficient (Wildman–Crippen LogP) is 3.99. The van der Waals surface area contributed by atoms with E-state index >= 15 is 0 Å². The zero-order valence-electron chi connectivity index (χ0n) is 12.9. The Labute approximate surface area is 138 Å². The van der Waals surface area contributed by atoms with Crippen LogP contribution < -0.4 is 0 Å². The topological polar surface area (TPSA) is 20.3 Å². The lowest BCUT2D eigenvalue weighted by molar-refractivity contribution is 0.0866. The summed E-state index contributed by atoms with van der Waals surface area (Å²) in [5.74, 6) is 0.449. The molecule has 0 spiro atoms. The molecule has 3 heteroatoms. The zero-order valence-corrected chi connectivity index (χ0v) is 13.7. The number of carbonyl (C=O) groups excluding carboxylic acids is 1. The van der Waals surface area contributed by atoms with Crippen LogP contribution in [-0.4, -0.2) is 24.3 Å². The first-order valence-electron chi connectivity index (χ1n) is 7.58. The minimum atomic E-state index is 0. The van der Waals surface area contributed by atoms with Crippen LogP contribution in [-0.2, 0) is 13.0 Å². The lowest BCUT2D eigenvalue weighted by Crippen LogP contribution is -2.33. The van der Waals surface area contributed by atoms with Gasteiger partial charge in [0, 0.05) is 24.6 Å². The first kappa shape index (κ1) is 16.7. The smallest absolute Gasteiger partial charge is 0.167 e. The molecule has 116 valence electrons. The van der Waals surface area contributed by atoms with Gasteiger partial charge < -0.3 is 4.90 Å². The Bertz CT molecular complexity index is 626. The molecule has 0 aliphatic heterocycles. The SMILES string of the molecule is CN(Cc1ccccc1)CC1CCc2ccccc2C1=O.Cl. The maximum atomic E-state index is 12.6.